The molecule has 1 amide bonds. The molecule has 1 aromatic carbocycles. The molecule has 0 radical (unpaired) electrons. The van der Waals surface area contributed by atoms with Crippen molar-refractivity contribution in [3.8, 4) is 0 Å². The molecular weight excluding hydrogens is 426 g/mol. The quantitative estimate of drug-likeness (QED) is 0.277. The second-order valence-electron chi connectivity index (χ2n) is 9.48. The predicted octanol–water partition coefficient (Wildman–Crippen LogP) is 7.12. The van der Waals surface area contributed by atoms with Gasteiger partial charge in [-0.3, -0.25) is 0 Å². The Kier molecular flexibility index (Phi) is 12.3. The fraction of sp³-hybridized carbons (Fsp3) is 0.720. The van der Waals surface area contributed by atoms with Crippen LogP contribution in [-0.4, -0.2) is 25.7 Å². The van der Waals surface area contributed by atoms with Crippen LogP contribution in [0.4, 0.5) is 10.5 Å². The lowest BCUT2D eigenvalue weighted by molar-refractivity contribution is 0.115. The van der Waals surface area contributed by atoms with Gasteiger partial charge in [0.15, 0.2) is 0 Å². The summed E-state index contributed by atoms with van der Waals surface area (Å²) in [5.74, 6) is 1.54. The van der Waals surface area contributed by atoms with Gasteiger partial charge in [-0.1, -0.05) is 91.3 Å². The molecule has 7 heteroatoms. The summed E-state index contributed by atoms with van der Waals surface area (Å²) in [6.45, 7) is 12.6. The lowest BCUT2D eigenvalue weighted by atomic mass is 9.82. The normalized spacial score (nSPS) is 15.0. The maximum absolute atomic E-state index is 12.9. The maximum Gasteiger partial charge on any atom is 0.427 e. The van der Waals surface area contributed by atoms with Crippen molar-refractivity contribution in [2.24, 2.45) is 23.7 Å². The molecule has 6 nitrogen and oxygen atoms in total. The van der Waals surface area contributed by atoms with Crippen LogP contribution in [0.25, 0.3) is 0 Å². The highest BCUT2D eigenvalue weighted by atomic mass is 32.2. The van der Waals surface area contributed by atoms with E-state index in [1.807, 2.05) is 0 Å². The molecule has 1 N–H and O–H groups in total. The zero-order valence-corrected chi connectivity index (χ0v) is 21.5. The summed E-state index contributed by atoms with van der Waals surface area (Å²) in [5.41, 5.74) is 0.0418. The lowest BCUT2D eigenvalue weighted by Crippen LogP contribution is -2.40. The number of para-hydroxylation sites is 1. The van der Waals surface area contributed by atoms with Gasteiger partial charge in [-0.15, -0.1) is 4.31 Å². The Bertz CT molecular complexity index is 764. The fourth-order valence-corrected chi connectivity index (χ4v) is 5.58. The second kappa shape index (κ2) is 13.8. The summed E-state index contributed by atoms with van der Waals surface area (Å²) in [5, 5.41) is 9.53. The molecule has 1 aromatic rings. The van der Waals surface area contributed by atoms with Crippen LogP contribution in [0.5, 0.6) is 0 Å². The van der Waals surface area contributed by atoms with Gasteiger partial charge in [0, 0.05) is 0 Å². The smallest absolute Gasteiger partial charge is 0.427 e. The van der Waals surface area contributed by atoms with Crippen LogP contribution >= 0.6 is 0 Å². The largest absolute Gasteiger partial charge is 0.464 e. The van der Waals surface area contributed by atoms with Gasteiger partial charge in [0.05, 0.1) is 11.8 Å². The van der Waals surface area contributed by atoms with E-state index in [2.05, 4.69) is 34.6 Å². The van der Waals surface area contributed by atoms with Crippen LogP contribution in [0.15, 0.2) is 30.3 Å². The summed E-state index contributed by atoms with van der Waals surface area (Å²) in [6, 6.07) is 7.75. The van der Waals surface area contributed by atoms with Gasteiger partial charge in [0.2, 0.25) is 0 Å². The molecule has 0 aliphatic heterocycles. The van der Waals surface area contributed by atoms with E-state index in [0.29, 0.717) is 16.1 Å². The van der Waals surface area contributed by atoms with Crippen molar-refractivity contribution < 1.29 is 22.5 Å². The first-order valence-corrected chi connectivity index (χ1v) is 13.4. The molecule has 1 rings (SSSR count). The average molecular weight is 470 g/mol. The van der Waals surface area contributed by atoms with Crippen LogP contribution in [0.1, 0.15) is 86.5 Å². The number of hydrogen-bond acceptors (Lipinski definition) is 4. The standard InChI is InChI=1S/C25H43NO5S/c1-7-8-10-14-22(19(2)3)15-13-18-24(20(4)5)21(6)31-32(29,30)26(25(27)28)23-16-11-9-12-17-23/h9,11-12,16-17,19-22,24H,7-8,10,13-15,18H2,1-6H3,(H,27,28). The number of benzene rings is 1. The average Bonchev–Trinajstić information content (AvgIpc) is 2.69. The van der Waals surface area contributed by atoms with Gasteiger partial charge in [-0.25, -0.2) is 8.98 Å². The van der Waals surface area contributed by atoms with Crippen molar-refractivity contribution in [3.05, 3.63) is 30.3 Å². The van der Waals surface area contributed by atoms with Crippen molar-refractivity contribution in [2.75, 3.05) is 4.31 Å². The molecular formula is C25H43NO5S. The zero-order chi connectivity index (χ0) is 24.3. The zero-order valence-electron chi connectivity index (χ0n) is 20.7. The number of anilines is 1. The molecule has 32 heavy (non-hydrogen) atoms. The third-order valence-corrected chi connectivity index (χ3v) is 7.72. The second-order valence-corrected chi connectivity index (χ2v) is 10.9. The SMILES string of the molecule is CCCCCC(CCCC(C(C)C)C(C)OS(=O)(=O)N(C(=O)O)c1ccccc1)C(C)C. The van der Waals surface area contributed by atoms with Gasteiger partial charge in [0.25, 0.3) is 0 Å². The fourth-order valence-electron chi connectivity index (χ4n) is 4.40. The van der Waals surface area contributed by atoms with Gasteiger partial charge >= 0.3 is 16.4 Å². The van der Waals surface area contributed by atoms with Crippen molar-refractivity contribution in [1.29, 1.82) is 0 Å². The van der Waals surface area contributed by atoms with Crippen molar-refractivity contribution >= 4 is 22.1 Å². The number of amides is 1. The molecule has 0 aliphatic rings. The molecule has 184 valence electrons. The summed E-state index contributed by atoms with van der Waals surface area (Å²) >= 11 is 0. The Morgan fingerprint density at radius 3 is 2.03 bits per heavy atom. The number of rotatable bonds is 15. The van der Waals surface area contributed by atoms with Crippen LogP contribution in [0.2, 0.25) is 0 Å². The minimum atomic E-state index is -4.49. The van der Waals surface area contributed by atoms with Crippen molar-refractivity contribution in [1.82, 2.24) is 0 Å². The first kappa shape index (κ1) is 28.4. The predicted molar refractivity (Wildman–Crippen MR) is 131 cm³/mol. The number of unbranched alkanes of at least 4 members (excludes halogenated alkanes) is 2. The topological polar surface area (TPSA) is 83.9 Å². The van der Waals surface area contributed by atoms with Crippen molar-refractivity contribution in [3.63, 3.8) is 0 Å². The number of hydrogen-bond donors (Lipinski definition) is 1. The third kappa shape index (κ3) is 9.10. The summed E-state index contributed by atoms with van der Waals surface area (Å²) in [6.07, 6.45) is 5.76. The number of nitrogens with zero attached hydrogens (tertiary/aromatic N) is 1. The highest BCUT2D eigenvalue weighted by Crippen LogP contribution is 2.30. The molecule has 0 saturated carbocycles. The molecule has 3 unspecified atom stereocenters. The van der Waals surface area contributed by atoms with Crippen LogP contribution in [0.3, 0.4) is 0 Å². The van der Waals surface area contributed by atoms with E-state index < -0.39 is 22.5 Å². The molecule has 3 atom stereocenters. The molecule has 0 fully saturated rings. The van der Waals surface area contributed by atoms with Gasteiger partial charge < -0.3 is 5.11 Å². The van der Waals surface area contributed by atoms with E-state index in [4.69, 9.17) is 4.18 Å². The highest BCUT2D eigenvalue weighted by Gasteiger charge is 2.34. The molecule has 0 spiro atoms. The van der Waals surface area contributed by atoms with E-state index in [-0.39, 0.29) is 17.5 Å². The van der Waals surface area contributed by atoms with Crippen LogP contribution < -0.4 is 4.31 Å². The van der Waals surface area contributed by atoms with Gasteiger partial charge in [0.1, 0.15) is 0 Å². The van der Waals surface area contributed by atoms with Gasteiger partial charge in [-0.2, -0.15) is 8.42 Å². The van der Waals surface area contributed by atoms with E-state index in [1.165, 1.54) is 37.8 Å². The maximum atomic E-state index is 12.9. The summed E-state index contributed by atoms with van der Waals surface area (Å²) in [7, 11) is -4.49. The Morgan fingerprint density at radius 1 is 0.938 bits per heavy atom. The molecule has 0 aromatic heterocycles. The minimum absolute atomic E-state index is 0.0136. The van der Waals surface area contributed by atoms with Crippen LogP contribution in [0, 0.1) is 23.7 Å². The first-order valence-electron chi connectivity index (χ1n) is 12.0. The molecule has 0 saturated heterocycles. The summed E-state index contributed by atoms with van der Waals surface area (Å²) in [4.78, 5) is 11.7. The first-order chi connectivity index (χ1) is 15.0. The van der Waals surface area contributed by atoms with E-state index in [9.17, 15) is 18.3 Å². The van der Waals surface area contributed by atoms with Gasteiger partial charge in [-0.05, 0) is 49.1 Å². The number of carboxylic acid groups (broad SMARTS) is 1. The summed E-state index contributed by atoms with van der Waals surface area (Å²) < 4.78 is 31.5. The Balaban J connectivity index is 2.82. The molecule has 0 heterocycles. The Morgan fingerprint density at radius 2 is 1.53 bits per heavy atom. The van der Waals surface area contributed by atoms with Crippen molar-refractivity contribution in [2.45, 2.75) is 92.6 Å². The lowest BCUT2D eigenvalue weighted by Gasteiger charge is -2.30. The monoisotopic (exact) mass is 469 g/mol. The highest BCUT2D eigenvalue weighted by molar-refractivity contribution is 7.89. The van der Waals surface area contributed by atoms with Crippen LogP contribution in [-0.2, 0) is 14.5 Å². The Labute approximate surface area is 195 Å². The van der Waals surface area contributed by atoms with E-state index >= 15 is 0 Å². The minimum Gasteiger partial charge on any atom is -0.464 e. The number of carbonyl (C=O) groups is 1. The molecule has 0 aliphatic carbocycles. The third-order valence-electron chi connectivity index (χ3n) is 6.35. The van der Waals surface area contributed by atoms with E-state index in [1.54, 1.807) is 25.1 Å². The Hall–Kier alpha value is -1.60. The molecule has 0 bridgehead atoms. The van der Waals surface area contributed by atoms with E-state index in [0.717, 1.165) is 19.3 Å².